The first kappa shape index (κ1) is 17.7. The molecule has 27 heavy (non-hydrogen) atoms. The molecule has 1 aromatic heterocycles. The number of pyridine rings is 1. The maximum atomic E-state index is 12.1. The molecular formula is C21H22N2O4. The summed E-state index contributed by atoms with van der Waals surface area (Å²) in [7, 11) is 0. The first-order valence-corrected chi connectivity index (χ1v) is 9.01. The number of aliphatic hydroxyl groups is 2. The number of carbonyl (C=O) groups excluding carboxylic acids is 1. The Labute approximate surface area is 157 Å². The zero-order chi connectivity index (χ0) is 19.3. The van der Waals surface area contributed by atoms with Crippen LogP contribution in [0.1, 0.15) is 30.2 Å². The average Bonchev–Trinajstić information content (AvgIpc) is 2.65. The van der Waals surface area contributed by atoms with Crippen molar-refractivity contribution in [2.45, 2.75) is 39.0 Å². The Bertz CT molecular complexity index is 1020. The van der Waals surface area contributed by atoms with E-state index in [0.717, 1.165) is 16.5 Å². The molecule has 0 radical (unpaired) electrons. The number of ether oxygens (including phenoxy) is 1. The number of hydrogen-bond donors (Lipinski definition) is 3. The molecule has 6 heteroatoms. The van der Waals surface area contributed by atoms with Crippen LogP contribution in [0, 0.1) is 13.8 Å². The summed E-state index contributed by atoms with van der Waals surface area (Å²) >= 11 is 0. The molecule has 1 aromatic carbocycles. The van der Waals surface area contributed by atoms with Crippen LogP contribution in [0.4, 0.5) is 0 Å². The molecule has 2 atom stereocenters. The topological polar surface area (TPSA) is 91.7 Å². The standard InChI is InChI=1S/C21H22N2O4/c1-4-21(26)15-9-18(23-19(24)14(15)10-27-20(21)25)16-6-5-13-7-11(2)12(3)8-17(13)22-16/h5-9,19,23-24,26H,4,10H2,1-3H3/t19?,21-/m0/s1. The highest BCUT2D eigenvalue weighted by molar-refractivity contribution is 5.89. The maximum absolute atomic E-state index is 12.1. The van der Waals surface area contributed by atoms with E-state index < -0.39 is 17.8 Å². The Hall–Kier alpha value is -2.70. The number of cyclic esters (lactones) is 1. The molecule has 0 fully saturated rings. The number of aliphatic hydroxyl groups excluding tert-OH is 1. The molecule has 0 aliphatic carbocycles. The number of benzene rings is 1. The molecule has 0 saturated carbocycles. The summed E-state index contributed by atoms with van der Waals surface area (Å²) in [5.74, 6) is -0.689. The largest absolute Gasteiger partial charge is 0.459 e. The van der Waals surface area contributed by atoms with Crippen LogP contribution in [0.15, 0.2) is 41.5 Å². The molecular weight excluding hydrogens is 344 g/mol. The summed E-state index contributed by atoms with van der Waals surface area (Å²) in [6.07, 6.45) is 0.801. The van der Waals surface area contributed by atoms with E-state index in [1.165, 1.54) is 5.56 Å². The lowest BCUT2D eigenvalue weighted by molar-refractivity contribution is -0.163. The van der Waals surface area contributed by atoms with Crippen molar-refractivity contribution in [1.29, 1.82) is 0 Å². The number of nitrogens with zero attached hydrogens (tertiary/aromatic N) is 1. The van der Waals surface area contributed by atoms with Crippen LogP contribution in [-0.4, -0.2) is 39.6 Å². The van der Waals surface area contributed by atoms with Crippen LogP contribution < -0.4 is 5.32 Å². The van der Waals surface area contributed by atoms with E-state index in [-0.39, 0.29) is 13.0 Å². The molecule has 0 amide bonds. The number of esters is 1. The monoisotopic (exact) mass is 366 g/mol. The van der Waals surface area contributed by atoms with E-state index in [2.05, 4.69) is 18.3 Å². The Morgan fingerprint density at radius 3 is 2.78 bits per heavy atom. The minimum atomic E-state index is -1.76. The molecule has 3 heterocycles. The van der Waals surface area contributed by atoms with Gasteiger partial charge in [-0.2, -0.15) is 0 Å². The van der Waals surface area contributed by atoms with Gasteiger partial charge < -0.3 is 20.3 Å². The molecule has 1 unspecified atom stereocenters. The van der Waals surface area contributed by atoms with Crippen molar-refractivity contribution in [3.8, 4) is 0 Å². The van der Waals surface area contributed by atoms with Gasteiger partial charge in [-0.1, -0.05) is 13.0 Å². The molecule has 6 nitrogen and oxygen atoms in total. The van der Waals surface area contributed by atoms with E-state index in [0.29, 0.717) is 22.5 Å². The summed E-state index contributed by atoms with van der Waals surface area (Å²) < 4.78 is 5.06. The van der Waals surface area contributed by atoms with Gasteiger partial charge in [0.1, 0.15) is 6.61 Å². The van der Waals surface area contributed by atoms with Crippen molar-refractivity contribution >= 4 is 22.6 Å². The zero-order valence-electron chi connectivity index (χ0n) is 15.5. The van der Waals surface area contributed by atoms with Gasteiger partial charge in [0.15, 0.2) is 11.8 Å². The van der Waals surface area contributed by atoms with Gasteiger partial charge in [0.2, 0.25) is 0 Å². The van der Waals surface area contributed by atoms with E-state index in [1.807, 2.05) is 25.1 Å². The highest BCUT2D eigenvalue weighted by atomic mass is 16.6. The summed E-state index contributed by atoms with van der Waals surface area (Å²) in [5.41, 5.74) is 3.49. The predicted molar refractivity (Wildman–Crippen MR) is 102 cm³/mol. The van der Waals surface area contributed by atoms with Gasteiger partial charge >= 0.3 is 5.97 Å². The lowest BCUT2D eigenvalue weighted by atomic mass is 9.82. The Kier molecular flexibility index (Phi) is 4.05. The molecule has 2 aliphatic rings. The number of fused-ring (bicyclic) bond motifs is 1. The molecule has 0 saturated heterocycles. The predicted octanol–water partition coefficient (Wildman–Crippen LogP) is 2.11. The number of aromatic nitrogens is 1. The van der Waals surface area contributed by atoms with Gasteiger partial charge in [0, 0.05) is 16.5 Å². The third-order valence-electron chi connectivity index (χ3n) is 5.49. The molecule has 0 bridgehead atoms. The van der Waals surface area contributed by atoms with Gasteiger partial charge in [-0.25, -0.2) is 9.78 Å². The number of nitrogens with one attached hydrogen (secondary N) is 1. The van der Waals surface area contributed by atoms with Crippen molar-refractivity contribution in [2.75, 3.05) is 6.61 Å². The number of hydrogen-bond acceptors (Lipinski definition) is 6. The lowest BCUT2D eigenvalue weighted by Crippen LogP contribution is -2.50. The van der Waals surface area contributed by atoms with Crippen molar-refractivity contribution in [1.82, 2.24) is 10.3 Å². The first-order valence-electron chi connectivity index (χ1n) is 9.01. The average molecular weight is 366 g/mol. The second-order valence-electron chi connectivity index (χ2n) is 7.16. The molecule has 140 valence electrons. The van der Waals surface area contributed by atoms with Crippen LogP contribution >= 0.6 is 0 Å². The summed E-state index contributed by atoms with van der Waals surface area (Å²) in [4.78, 5) is 16.8. The Morgan fingerprint density at radius 2 is 2.04 bits per heavy atom. The molecule has 2 aromatic rings. The van der Waals surface area contributed by atoms with Crippen LogP contribution in [-0.2, 0) is 9.53 Å². The quantitative estimate of drug-likeness (QED) is 0.705. The van der Waals surface area contributed by atoms with Gasteiger partial charge in [0.25, 0.3) is 0 Å². The zero-order valence-corrected chi connectivity index (χ0v) is 15.5. The Morgan fingerprint density at radius 1 is 1.30 bits per heavy atom. The number of dihydropyridines is 1. The minimum Gasteiger partial charge on any atom is -0.459 e. The van der Waals surface area contributed by atoms with Crippen LogP contribution in [0.3, 0.4) is 0 Å². The molecule has 3 N–H and O–H groups in total. The minimum absolute atomic E-state index is 0.0436. The lowest BCUT2D eigenvalue weighted by Gasteiger charge is -2.37. The van der Waals surface area contributed by atoms with Gasteiger partial charge in [0.05, 0.1) is 16.9 Å². The fraction of sp³-hybridized carbons (Fsp3) is 0.333. The van der Waals surface area contributed by atoms with Crippen LogP contribution in [0.2, 0.25) is 0 Å². The first-order chi connectivity index (χ1) is 12.8. The van der Waals surface area contributed by atoms with E-state index in [4.69, 9.17) is 9.72 Å². The molecule has 2 aliphatic heterocycles. The normalized spacial score (nSPS) is 25.0. The fourth-order valence-corrected chi connectivity index (χ4v) is 3.60. The smallest absolute Gasteiger partial charge is 0.343 e. The van der Waals surface area contributed by atoms with Crippen LogP contribution in [0.25, 0.3) is 16.6 Å². The van der Waals surface area contributed by atoms with Gasteiger partial charge in [-0.15, -0.1) is 0 Å². The number of carbonyl (C=O) groups is 1. The van der Waals surface area contributed by atoms with E-state index in [1.54, 1.807) is 13.0 Å². The third kappa shape index (κ3) is 2.72. The Balaban J connectivity index is 1.84. The molecule has 4 rings (SSSR count). The summed E-state index contributed by atoms with van der Waals surface area (Å²) in [5, 5.41) is 25.4. The summed E-state index contributed by atoms with van der Waals surface area (Å²) in [6.45, 7) is 5.76. The maximum Gasteiger partial charge on any atom is 0.343 e. The van der Waals surface area contributed by atoms with E-state index >= 15 is 0 Å². The second-order valence-corrected chi connectivity index (χ2v) is 7.16. The highest BCUT2D eigenvalue weighted by Crippen LogP contribution is 2.36. The number of aryl methyl sites for hydroxylation is 2. The third-order valence-corrected chi connectivity index (χ3v) is 5.49. The fourth-order valence-electron chi connectivity index (χ4n) is 3.60. The molecule has 0 spiro atoms. The second kappa shape index (κ2) is 6.18. The van der Waals surface area contributed by atoms with Gasteiger partial charge in [-0.05, 0) is 55.7 Å². The van der Waals surface area contributed by atoms with Crippen molar-refractivity contribution < 1.29 is 19.7 Å². The van der Waals surface area contributed by atoms with Crippen molar-refractivity contribution in [2.24, 2.45) is 0 Å². The highest BCUT2D eigenvalue weighted by Gasteiger charge is 2.46. The number of rotatable bonds is 2. The van der Waals surface area contributed by atoms with Crippen LogP contribution in [0.5, 0.6) is 0 Å². The summed E-state index contributed by atoms with van der Waals surface area (Å²) in [6, 6.07) is 7.95. The van der Waals surface area contributed by atoms with Crippen molar-refractivity contribution in [3.05, 3.63) is 58.3 Å². The van der Waals surface area contributed by atoms with Crippen molar-refractivity contribution in [3.63, 3.8) is 0 Å². The van der Waals surface area contributed by atoms with E-state index in [9.17, 15) is 15.0 Å². The SMILES string of the molecule is CC[C@@]1(O)C(=O)OCC2=C1C=C(c1ccc3cc(C)c(C)cc3n1)NC2O. The van der Waals surface area contributed by atoms with Gasteiger partial charge in [-0.3, -0.25) is 0 Å².